The minimum atomic E-state index is -0.0952. The SMILES string of the molecule is CCCc1c(C(=O)NC[C@H]2CCCO2)cnn1-c1cccc(Cl)c1. The van der Waals surface area contributed by atoms with Crippen molar-refractivity contribution in [3.8, 4) is 5.69 Å². The predicted molar refractivity (Wildman–Crippen MR) is 93.9 cm³/mol. The molecule has 2 heterocycles. The number of rotatable bonds is 6. The summed E-state index contributed by atoms with van der Waals surface area (Å²) in [5.41, 5.74) is 2.39. The highest BCUT2D eigenvalue weighted by Gasteiger charge is 2.20. The normalized spacial score (nSPS) is 17.2. The van der Waals surface area contributed by atoms with Crippen molar-refractivity contribution in [3.63, 3.8) is 0 Å². The van der Waals surface area contributed by atoms with Crippen LogP contribution in [0.3, 0.4) is 0 Å². The number of amides is 1. The van der Waals surface area contributed by atoms with Crippen molar-refractivity contribution in [3.05, 3.63) is 46.7 Å². The zero-order valence-electron chi connectivity index (χ0n) is 13.8. The van der Waals surface area contributed by atoms with Crippen molar-refractivity contribution >= 4 is 17.5 Å². The predicted octanol–water partition coefficient (Wildman–Crippen LogP) is 3.39. The van der Waals surface area contributed by atoms with Gasteiger partial charge in [-0.25, -0.2) is 4.68 Å². The number of nitrogens with zero attached hydrogens (tertiary/aromatic N) is 2. The lowest BCUT2D eigenvalue weighted by atomic mass is 10.1. The molecule has 1 amide bonds. The molecule has 1 fully saturated rings. The van der Waals surface area contributed by atoms with Crippen LogP contribution in [0.25, 0.3) is 5.69 Å². The first kappa shape index (κ1) is 17.0. The largest absolute Gasteiger partial charge is 0.376 e. The van der Waals surface area contributed by atoms with E-state index in [-0.39, 0.29) is 12.0 Å². The van der Waals surface area contributed by atoms with Crippen molar-refractivity contribution in [1.29, 1.82) is 0 Å². The Kier molecular flexibility index (Phi) is 5.53. The van der Waals surface area contributed by atoms with E-state index in [4.69, 9.17) is 16.3 Å². The van der Waals surface area contributed by atoms with Gasteiger partial charge in [-0.05, 0) is 37.5 Å². The van der Waals surface area contributed by atoms with Crippen molar-refractivity contribution in [2.24, 2.45) is 0 Å². The second-order valence-electron chi connectivity index (χ2n) is 5.99. The molecule has 1 aromatic heterocycles. The van der Waals surface area contributed by atoms with Gasteiger partial charge in [0.05, 0.1) is 29.2 Å². The van der Waals surface area contributed by atoms with E-state index in [1.807, 2.05) is 24.3 Å². The van der Waals surface area contributed by atoms with E-state index in [1.165, 1.54) is 0 Å². The van der Waals surface area contributed by atoms with E-state index < -0.39 is 0 Å². The molecule has 1 aliphatic heterocycles. The van der Waals surface area contributed by atoms with E-state index in [9.17, 15) is 4.79 Å². The third-order valence-corrected chi connectivity index (χ3v) is 4.40. The van der Waals surface area contributed by atoms with Gasteiger partial charge in [-0.2, -0.15) is 5.10 Å². The molecule has 3 rings (SSSR count). The zero-order chi connectivity index (χ0) is 16.9. The fourth-order valence-corrected chi connectivity index (χ4v) is 3.16. The number of carbonyl (C=O) groups excluding carboxylic acids is 1. The lowest BCUT2D eigenvalue weighted by molar-refractivity contribution is 0.0857. The molecule has 128 valence electrons. The molecule has 5 nitrogen and oxygen atoms in total. The van der Waals surface area contributed by atoms with Crippen molar-refractivity contribution in [2.75, 3.05) is 13.2 Å². The summed E-state index contributed by atoms with van der Waals surface area (Å²) in [5, 5.41) is 8.03. The second kappa shape index (κ2) is 7.81. The van der Waals surface area contributed by atoms with E-state index in [0.29, 0.717) is 17.1 Å². The van der Waals surface area contributed by atoms with Crippen LogP contribution in [-0.2, 0) is 11.2 Å². The van der Waals surface area contributed by atoms with E-state index in [0.717, 1.165) is 43.7 Å². The molecular weight excluding hydrogens is 326 g/mol. The standard InChI is InChI=1S/C18H22ClN3O2/c1-2-5-17-16(18(23)20-11-15-8-4-9-24-15)12-21-22(17)14-7-3-6-13(19)10-14/h3,6-7,10,12,15H,2,4-5,8-9,11H2,1H3,(H,20,23)/t15-/m1/s1. The number of carbonyl (C=O) groups is 1. The quantitative estimate of drug-likeness (QED) is 0.871. The van der Waals surface area contributed by atoms with Crippen molar-refractivity contribution in [1.82, 2.24) is 15.1 Å². The molecule has 1 saturated heterocycles. The number of ether oxygens (including phenoxy) is 1. The van der Waals surface area contributed by atoms with E-state index in [2.05, 4.69) is 17.3 Å². The van der Waals surface area contributed by atoms with Gasteiger partial charge >= 0.3 is 0 Å². The summed E-state index contributed by atoms with van der Waals surface area (Å²) >= 11 is 6.08. The maximum absolute atomic E-state index is 12.6. The second-order valence-corrected chi connectivity index (χ2v) is 6.43. The van der Waals surface area contributed by atoms with E-state index in [1.54, 1.807) is 10.9 Å². The molecule has 0 aliphatic carbocycles. The minimum Gasteiger partial charge on any atom is -0.376 e. The van der Waals surface area contributed by atoms with Crippen LogP contribution in [0.2, 0.25) is 5.02 Å². The van der Waals surface area contributed by atoms with Crippen LogP contribution in [0.5, 0.6) is 0 Å². The molecule has 6 heteroatoms. The highest BCUT2D eigenvalue weighted by atomic mass is 35.5. The zero-order valence-corrected chi connectivity index (χ0v) is 14.6. The van der Waals surface area contributed by atoms with Gasteiger partial charge in [-0.15, -0.1) is 0 Å². The fourth-order valence-electron chi connectivity index (χ4n) is 2.98. The van der Waals surface area contributed by atoms with Crippen LogP contribution in [0.15, 0.2) is 30.5 Å². The Labute approximate surface area is 147 Å². The molecule has 0 saturated carbocycles. The summed E-state index contributed by atoms with van der Waals surface area (Å²) in [6.07, 6.45) is 5.54. The molecule has 0 radical (unpaired) electrons. The smallest absolute Gasteiger partial charge is 0.254 e. The Morgan fingerprint density at radius 3 is 3.08 bits per heavy atom. The first-order chi connectivity index (χ1) is 11.7. The molecule has 1 atom stereocenters. The van der Waals surface area contributed by atoms with Gasteiger partial charge in [0.1, 0.15) is 0 Å². The molecule has 0 bridgehead atoms. The number of hydrogen-bond donors (Lipinski definition) is 1. The minimum absolute atomic E-state index is 0.0952. The summed E-state index contributed by atoms with van der Waals surface area (Å²) in [6.45, 7) is 3.42. The van der Waals surface area contributed by atoms with Gasteiger partial charge in [-0.3, -0.25) is 4.79 Å². The van der Waals surface area contributed by atoms with Crippen LogP contribution in [-0.4, -0.2) is 34.9 Å². The number of nitrogens with one attached hydrogen (secondary N) is 1. The first-order valence-corrected chi connectivity index (χ1v) is 8.79. The molecule has 1 N–H and O–H groups in total. The van der Waals surface area contributed by atoms with Gasteiger partial charge in [0.15, 0.2) is 0 Å². The molecule has 2 aromatic rings. The van der Waals surface area contributed by atoms with Crippen molar-refractivity contribution < 1.29 is 9.53 Å². The summed E-state index contributed by atoms with van der Waals surface area (Å²) in [5.74, 6) is -0.0952. The molecule has 0 unspecified atom stereocenters. The fraction of sp³-hybridized carbons (Fsp3) is 0.444. The highest BCUT2D eigenvalue weighted by molar-refractivity contribution is 6.30. The Hall–Kier alpha value is -1.85. The summed E-state index contributed by atoms with van der Waals surface area (Å²) in [7, 11) is 0. The lowest BCUT2D eigenvalue weighted by Gasteiger charge is -2.12. The molecular formula is C18H22ClN3O2. The molecule has 24 heavy (non-hydrogen) atoms. The summed E-state index contributed by atoms with van der Waals surface area (Å²) in [4.78, 5) is 12.6. The number of aromatic nitrogens is 2. The maximum Gasteiger partial charge on any atom is 0.254 e. The third kappa shape index (κ3) is 3.79. The Morgan fingerprint density at radius 1 is 1.50 bits per heavy atom. The third-order valence-electron chi connectivity index (χ3n) is 4.17. The van der Waals surface area contributed by atoms with Crippen molar-refractivity contribution in [2.45, 2.75) is 38.7 Å². The van der Waals surface area contributed by atoms with Crippen LogP contribution in [0.4, 0.5) is 0 Å². The summed E-state index contributed by atoms with van der Waals surface area (Å²) < 4.78 is 7.36. The van der Waals surface area contributed by atoms with Crippen LogP contribution in [0.1, 0.15) is 42.2 Å². The van der Waals surface area contributed by atoms with Gasteiger partial charge in [0.2, 0.25) is 0 Å². The molecule has 1 aromatic carbocycles. The molecule has 0 spiro atoms. The van der Waals surface area contributed by atoms with Gasteiger partial charge in [0, 0.05) is 18.2 Å². The average molecular weight is 348 g/mol. The molecule has 1 aliphatic rings. The first-order valence-electron chi connectivity index (χ1n) is 8.41. The Bertz CT molecular complexity index is 708. The van der Waals surface area contributed by atoms with Gasteiger partial charge in [0.25, 0.3) is 5.91 Å². The number of benzene rings is 1. The van der Waals surface area contributed by atoms with Crippen LogP contribution < -0.4 is 5.32 Å². The van der Waals surface area contributed by atoms with E-state index >= 15 is 0 Å². The number of hydrogen-bond acceptors (Lipinski definition) is 3. The van der Waals surface area contributed by atoms with Gasteiger partial charge < -0.3 is 10.1 Å². The van der Waals surface area contributed by atoms with Crippen LogP contribution in [0, 0.1) is 0 Å². The lowest BCUT2D eigenvalue weighted by Crippen LogP contribution is -2.32. The summed E-state index contributed by atoms with van der Waals surface area (Å²) in [6, 6.07) is 7.49. The number of halogens is 1. The average Bonchev–Trinajstić information content (AvgIpc) is 3.23. The Morgan fingerprint density at radius 2 is 2.38 bits per heavy atom. The Balaban J connectivity index is 1.81. The highest BCUT2D eigenvalue weighted by Crippen LogP contribution is 2.20. The maximum atomic E-state index is 12.6. The van der Waals surface area contributed by atoms with Gasteiger partial charge in [-0.1, -0.05) is 31.0 Å². The monoisotopic (exact) mass is 347 g/mol. The topological polar surface area (TPSA) is 56.1 Å². The van der Waals surface area contributed by atoms with Crippen LogP contribution >= 0.6 is 11.6 Å².